The van der Waals surface area contributed by atoms with Gasteiger partial charge in [0.2, 0.25) is 5.91 Å². The Labute approximate surface area is 143 Å². The van der Waals surface area contributed by atoms with E-state index >= 15 is 0 Å². The Balaban J connectivity index is 1.58. The summed E-state index contributed by atoms with van der Waals surface area (Å²) in [4.78, 5) is 20.9. The second-order valence-electron chi connectivity index (χ2n) is 6.67. The van der Waals surface area contributed by atoms with Crippen LogP contribution < -0.4 is 0 Å². The number of aryl methyl sites for hydroxylation is 1. The van der Waals surface area contributed by atoms with Crippen molar-refractivity contribution in [3.8, 4) is 0 Å². The Morgan fingerprint density at radius 3 is 3.04 bits per heavy atom. The normalized spacial score (nSPS) is 21.1. The van der Waals surface area contributed by atoms with Gasteiger partial charge in [-0.25, -0.2) is 0 Å². The van der Waals surface area contributed by atoms with Crippen molar-refractivity contribution in [3.63, 3.8) is 0 Å². The number of hydrogen-bond acceptors (Lipinski definition) is 4. The number of amides is 1. The van der Waals surface area contributed by atoms with Crippen molar-refractivity contribution in [3.05, 3.63) is 54.2 Å². The number of furan rings is 1. The molecule has 0 saturated carbocycles. The summed E-state index contributed by atoms with van der Waals surface area (Å²) in [6.07, 6.45) is 9.47. The summed E-state index contributed by atoms with van der Waals surface area (Å²) in [5, 5.41) is 0. The van der Waals surface area contributed by atoms with E-state index in [9.17, 15) is 4.79 Å². The van der Waals surface area contributed by atoms with Crippen molar-refractivity contribution >= 4 is 5.91 Å². The van der Waals surface area contributed by atoms with E-state index in [0.29, 0.717) is 18.4 Å². The fourth-order valence-corrected chi connectivity index (χ4v) is 3.63. The molecule has 0 aromatic carbocycles. The first-order chi connectivity index (χ1) is 11.6. The highest BCUT2D eigenvalue weighted by Gasteiger charge is 2.34. The van der Waals surface area contributed by atoms with Crippen molar-refractivity contribution in [2.24, 2.45) is 5.92 Å². The Kier molecular flexibility index (Phi) is 5.30. The third kappa shape index (κ3) is 3.85. The topological polar surface area (TPSA) is 49.6 Å². The average Bonchev–Trinajstić information content (AvgIpc) is 3.23. The molecule has 1 amide bonds. The number of aromatic nitrogens is 1. The van der Waals surface area contributed by atoms with E-state index in [1.54, 1.807) is 18.7 Å². The average molecular weight is 327 g/mol. The molecule has 0 bridgehead atoms. The fourth-order valence-electron chi connectivity index (χ4n) is 3.63. The summed E-state index contributed by atoms with van der Waals surface area (Å²) in [5.41, 5.74) is 2.31. The summed E-state index contributed by atoms with van der Waals surface area (Å²) in [5.74, 6) is 0.637. The number of likely N-dealkylation sites (tertiary alicyclic amines) is 1. The second-order valence-corrected chi connectivity index (χ2v) is 6.67. The van der Waals surface area contributed by atoms with Gasteiger partial charge in [0.15, 0.2) is 0 Å². The minimum atomic E-state index is 0.190. The van der Waals surface area contributed by atoms with Gasteiger partial charge in [0, 0.05) is 38.4 Å². The van der Waals surface area contributed by atoms with Crippen LogP contribution in [0.5, 0.6) is 0 Å². The highest BCUT2D eigenvalue weighted by molar-refractivity contribution is 5.76. The first-order valence-electron chi connectivity index (χ1n) is 8.50. The summed E-state index contributed by atoms with van der Waals surface area (Å²) in [6.45, 7) is 1.84. The van der Waals surface area contributed by atoms with Gasteiger partial charge in [-0.15, -0.1) is 0 Å². The number of rotatable bonds is 6. The second kappa shape index (κ2) is 7.62. The monoisotopic (exact) mass is 327 g/mol. The van der Waals surface area contributed by atoms with Crippen LogP contribution >= 0.6 is 0 Å². The molecule has 0 spiro atoms. The molecular formula is C19H25N3O2. The molecule has 2 aromatic rings. The highest BCUT2D eigenvalue weighted by Crippen LogP contribution is 2.36. The molecule has 1 saturated heterocycles. The van der Waals surface area contributed by atoms with Crippen molar-refractivity contribution in [2.75, 3.05) is 27.2 Å². The molecule has 2 atom stereocenters. The molecule has 1 fully saturated rings. The molecular weight excluding hydrogens is 302 g/mol. The molecule has 2 aromatic heterocycles. The van der Waals surface area contributed by atoms with E-state index in [-0.39, 0.29) is 5.91 Å². The predicted molar refractivity (Wildman–Crippen MR) is 92.4 cm³/mol. The van der Waals surface area contributed by atoms with Crippen molar-refractivity contribution in [1.29, 1.82) is 0 Å². The third-order valence-electron chi connectivity index (χ3n) is 4.94. The molecule has 3 rings (SSSR count). The lowest BCUT2D eigenvalue weighted by atomic mass is 9.94. The number of carbonyl (C=O) groups excluding carboxylic acids is 1. The van der Waals surface area contributed by atoms with Gasteiger partial charge in [0.05, 0.1) is 12.5 Å². The van der Waals surface area contributed by atoms with Gasteiger partial charge >= 0.3 is 0 Å². The largest absolute Gasteiger partial charge is 0.472 e. The van der Waals surface area contributed by atoms with Gasteiger partial charge in [0.1, 0.15) is 0 Å². The molecule has 5 nitrogen and oxygen atoms in total. The summed E-state index contributed by atoms with van der Waals surface area (Å²) in [6, 6.07) is 6.37. The smallest absolute Gasteiger partial charge is 0.222 e. The van der Waals surface area contributed by atoms with E-state index < -0.39 is 0 Å². The van der Waals surface area contributed by atoms with Crippen LogP contribution in [0.3, 0.4) is 0 Å². The number of carbonyl (C=O) groups is 1. The van der Waals surface area contributed by atoms with E-state index in [1.807, 2.05) is 30.3 Å². The lowest BCUT2D eigenvalue weighted by Crippen LogP contribution is -2.34. The van der Waals surface area contributed by atoms with E-state index in [0.717, 1.165) is 31.5 Å². The van der Waals surface area contributed by atoms with Gasteiger partial charge < -0.3 is 9.32 Å². The maximum absolute atomic E-state index is 12.4. The zero-order valence-electron chi connectivity index (χ0n) is 14.4. The van der Waals surface area contributed by atoms with Crippen LogP contribution in [-0.4, -0.2) is 47.9 Å². The minimum absolute atomic E-state index is 0.190. The molecule has 1 aliphatic rings. The predicted octanol–water partition coefficient (Wildman–Crippen LogP) is 2.76. The van der Waals surface area contributed by atoms with Crippen molar-refractivity contribution in [1.82, 2.24) is 14.8 Å². The van der Waals surface area contributed by atoms with Crippen LogP contribution in [0, 0.1) is 5.92 Å². The molecule has 128 valence electrons. The molecule has 0 unspecified atom stereocenters. The van der Waals surface area contributed by atoms with Gasteiger partial charge in [0.25, 0.3) is 0 Å². The minimum Gasteiger partial charge on any atom is -0.472 e. The lowest BCUT2D eigenvalue weighted by molar-refractivity contribution is -0.130. The number of nitrogens with zero attached hydrogens (tertiary/aromatic N) is 3. The summed E-state index contributed by atoms with van der Waals surface area (Å²) >= 11 is 0. The number of pyridine rings is 1. The molecule has 5 heteroatoms. The van der Waals surface area contributed by atoms with Crippen molar-refractivity contribution in [2.45, 2.75) is 25.3 Å². The molecule has 0 radical (unpaired) electrons. The van der Waals surface area contributed by atoms with Crippen LogP contribution in [-0.2, 0) is 11.2 Å². The van der Waals surface area contributed by atoms with E-state index in [4.69, 9.17) is 4.42 Å². The molecule has 1 aliphatic heterocycles. The van der Waals surface area contributed by atoms with Crippen LogP contribution in [0.15, 0.2) is 47.5 Å². The van der Waals surface area contributed by atoms with Gasteiger partial charge in [-0.3, -0.25) is 14.7 Å². The van der Waals surface area contributed by atoms with Gasteiger partial charge in [-0.2, -0.15) is 0 Å². The standard InChI is InChI=1S/C19H25N3O2/c1-21-10-7-17(19(21)16-4-3-9-20-12-16)13-22(2)18(23)6-5-15-8-11-24-14-15/h3-4,8-9,11-12,14,17,19H,5-7,10,13H2,1-2H3/t17-,19-/m0/s1. The SMILES string of the molecule is CN(C[C@@H]1CCN(C)[C@H]1c1cccnc1)C(=O)CCc1ccoc1. The Bertz CT molecular complexity index is 642. The quantitative estimate of drug-likeness (QED) is 0.818. The van der Waals surface area contributed by atoms with E-state index in [1.165, 1.54) is 5.56 Å². The Hall–Kier alpha value is -2.14. The maximum atomic E-state index is 12.4. The molecule has 0 N–H and O–H groups in total. The van der Waals surface area contributed by atoms with Crippen LogP contribution in [0.2, 0.25) is 0 Å². The zero-order chi connectivity index (χ0) is 16.9. The summed E-state index contributed by atoms with van der Waals surface area (Å²) in [7, 11) is 4.06. The first-order valence-corrected chi connectivity index (χ1v) is 8.50. The van der Waals surface area contributed by atoms with Gasteiger partial charge in [-0.1, -0.05) is 6.07 Å². The molecule has 3 heterocycles. The van der Waals surface area contributed by atoms with Crippen LogP contribution in [0.25, 0.3) is 0 Å². The van der Waals surface area contributed by atoms with Crippen molar-refractivity contribution < 1.29 is 9.21 Å². The zero-order valence-corrected chi connectivity index (χ0v) is 14.4. The van der Waals surface area contributed by atoms with Crippen LogP contribution in [0.1, 0.15) is 30.0 Å². The third-order valence-corrected chi connectivity index (χ3v) is 4.94. The van der Waals surface area contributed by atoms with Gasteiger partial charge in [-0.05, 0) is 55.6 Å². The highest BCUT2D eigenvalue weighted by atomic mass is 16.3. The fraction of sp³-hybridized carbons (Fsp3) is 0.474. The molecule has 0 aliphatic carbocycles. The lowest BCUT2D eigenvalue weighted by Gasteiger charge is -2.28. The maximum Gasteiger partial charge on any atom is 0.222 e. The van der Waals surface area contributed by atoms with Crippen LogP contribution in [0.4, 0.5) is 0 Å². The van der Waals surface area contributed by atoms with E-state index in [2.05, 4.69) is 23.0 Å². The Morgan fingerprint density at radius 2 is 2.33 bits per heavy atom. The first kappa shape index (κ1) is 16.7. The Morgan fingerprint density at radius 1 is 1.46 bits per heavy atom. The number of hydrogen-bond donors (Lipinski definition) is 0. The summed E-state index contributed by atoms with van der Waals surface area (Å²) < 4.78 is 5.05. The molecule has 24 heavy (non-hydrogen) atoms.